The SMILES string of the molecule is CCCCC(CC)(CCl)C1CCCCCC1. The van der Waals surface area contributed by atoms with Gasteiger partial charge in [0.15, 0.2) is 0 Å². The third-order valence-corrected chi connectivity index (χ3v) is 5.25. The summed E-state index contributed by atoms with van der Waals surface area (Å²) in [7, 11) is 0. The van der Waals surface area contributed by atoms with Crippen molar-refractivity contribution in [3.63, 3.8) is 0 Å². The van der Waals surface area contributed by atoms with Gasteiger partial charge in [0.2, 0.25) is 0 Å². The van der Waals surface area contributed by atoms with Crippen molar-refractivity contribution in [2.24, 2.45) is 11.3 Å². The van der Waals surface area contributed by atoms with E-state index in [1.165, 1.54) is 64.2 Å². The van der Waals surface area contributed by atoms with Gasteiger partial charge >= 0.3 is 0 Å². The van der Waals surface area contributed by atoms with E-state index in [2.05, 4.69) is 13.8 Å². The van der Waals surface area contributed by atoms with Gasteiger partial charge in [-0.25, -0.2) is 0 Å². The van der Waals surface area contributed by atoms with E-state index in [1.54, 1.807) is 0 Å². The minimum atomic E-state index is 0.460. The van der Waals surface area contributed by atoms with E-state index in [4.69, 9.17) is 11.6 Å². The predicted molar refractivity (Wildman–Crippen MR) is 74.2 cm³/mol. The van der Waals surface area contributed by atoms with Crippen LogP contribution in [-0.4, -0.2) is 5.88 Å². The van der Waals surface area contributed by atoms with E-state index in [-0.39, 0.29) is 0 Å². The number of rotatable bonds is 6. The van der Waals surface area contributed by atoms with Crippen LogP contribution in [0, 0.1) is 11.3 Å². The zero-order chi connectivity index (χ0) is 11.9. The molecular weight excluding hydrogens is 216 g/mol. The zero-order valence-corrected chi connectivity index (χ0v) is 12.0. The molecule has 16 heavy (non-hydrogen) atoms. The fourth-order valence-corrected chi connectivity index (χ4v) is 3.90. The maximum atomic E-state index is 6.35. The van der Waals surface area contributed by atoms with Crippen LogP contribution in [0.4, 0.5) is 0 Å². The second-order valence-corrected chi connectivity index (χ2v) is 5.91. The van der Waals surface area contributed by atoms with E-state index in [1.807, 2.05) is 0 Å². The van der Waals surface area contributed by atoms with E-state index in [0.717, 1.165) is 11.8 Å². The molecule has 1 atom stereocenters. The summed E-state index contributed by atoms with van der Waals surface area (Å²) >= 11 is 6.35. The lowest BCUT2D eigenvalue weighted by molar-refractivity contribution is 0.143. The Morgan fingerprint density at radius 1 is 1.06 bits per heavy atom. The smallest absolute Gasteiger partial charge is 0.0282 e. The molecule has 0 N–H and O–H groups in total. The molecule has 0 saturated heterocycles. The number of alkyl halides is 1. The van der Waals surface area contributed by atoms with Crippen molar-refractivity contribution in [3.8, 4) is 0 Å². The van der Waals surface area contributed by atoms with E-state index >= 15 is 0 Å². The standard InChI is InChI=1S/C15H29Cl/c1-3-5-12-15(4-2,13-16)14-10-8-6-7-9-11-14/h14H,3-13H2,1-2H3. The molecule has 1 saturated carbocycles. The van der Waals surface area contributed by atoms with E-state index < -0.39 is 0 Å². The molecule has 0 amide bonds. The van der Waals surface area contributed by atoms with Crippen molar-refractivity contribution >= 4 is 11.6 Å². The van der Waals surface area contributed by atoms with Crippen LogP contribution in [0.5, 0.6) is 0 Å². The molecule has 0 heterocycles. The highest BCUT2D eigenvalue weighted by Crippen LogP contribution is 2.44. The van der Waals surface area contributed by atoms with Gasteiger partial charge in [-0.05, 0) is 37.0 Å². The molecule has 0 aromatic heterocycles. The molecule has 1 fully saturated rings. The lowest BCUT2D eigenvalue weighted by atomic mass is 9.68. The van der Waals surface area contributed by atoms with Gasteiger partial charge in [0.05, 0.1) is 0 Å². The first-order valence-electron chi connectivity index (χ1n) is 7.35. The molecule has 0 aromatic rings. The lowest BCUT2D eigenvalue weighted by Crippen LogP contribution is -2.32. The minimum Gasteiger partial charge on any atom is -0.126 e. The first kappa shape index (κ1) is 14.4. The fraction of sp³-hybridized carbons (Fsp3) is 1.00. The van der Waals surface area contributed by atoms with Crippen LogP contribution in [0.25, 0.3) is 0 Å². The van der Waals surface area contributed by atoms with Gasteiger partial charge in [-0.3, -0.25) is 0 Å². The number of unbranched alkanes of at least 4 members (excludes halogenated alkanes) is 1. The molecule has 0 aromatic carbocycles. The average molecular weight is 245 g/mol. The molecule has 0 nitrogen and oxygen atoms in total. The van der Waals surface area contributed by atoms with Gasteiger partial charge in [0, 0.05) is 5.88 Å². The van der Waals surface area contributed by atoms with Crippen LogP contribution in [0.1, 0.15) is 78.1 Å². The van der Waals surface area contributed by atoms with Gasteiger partial charge in [-0.15, -0.1) is 11.6 Å². The van der Waals surface area contributed by atoms with Gasteiger partial charge in [-0.1, -0.05) is 52.4 Å². The second-order valence-electron chi connectivity index (χ2n) is 5.64. The Bertz CT molecular complexity index is 164. The van der Waals surface area contributed by atoms with Crippen LogP contribution in [0.3, 0.4) is 0 Å². The molecule has 0 aliphatic heterocycles. The highest BCUT2D eigenvalue weighted by atomic mass is 35.5. The Morgan fingerprint density at radius 3 is 2.12 bits per heavy atom. The normalized spacial score (nSPS) is 22.7. The minimum absolute atomic E-state index is 0.460. The van der Waals surface area contributed by atoms with Crippen molar-refractivity contribution in [2.45, 2.75) is 78.1 Å². The summed E-state index contributed by atoms with van der Waals surface area (Å²) in [6, 6.07) is 0. The Balaban J connectivity index is 2.64. The van der Waals surface area contributed by atoms with Crippen LogP contribution < -0.4 is 0 Å². The summed E-state index contributed by atoms with van der Waals surface area (Å²) in [5.41, 5.74) is 0.460. The highest BCUT2D eigenvalue weighted by molar-refractivity contribution is 6.18. The fourth-order valence-electron chi connectivity index (χ4n) is 3.36. The zero-order valence-electron chi connectivity index (χ0n) is 11.2. The lowest BCUT2D eigenvalue weighted by Gasteiger charge is -2.39. The third-order valence-electron chi connectivity index (χ3n) is 4.72. The first-order chi connectivity index (χ1) is 7.79. The average Bonchev–Trinajstić information content (AvgIpc) is 2.61. The van der Waals surface area contributed by atoms with Crippen molar-refractivity contribution in [3.05, 3.63) is 0 Å². The van der Waals surface area contributed by atoms with Crippen LogP contribution >= 0.6 is 11.6 Å². The summed E-state index contributed by atoms with van der Waals surface area (Å²) in [6.45, 7) is 4.64. The molecule has 0 radical (unpaired) electrons. The molecular formula is C15H29Cl. The monoisotopic (exact) mass is 244 g/mol. The van der Waals surface area contributed by atoms with Crippen molar-refractivity contribution < 1.29 is 0 Å². The highest BCUT2D eigenvalue weighted by Gasteiger charge is 2.35. The molecule has 1 rings (SSSR count). The molecule has 96 valence electrons. The van der Waals surface area contributed by atoms with Crippen molar-refractivity contribution in [2.75, 3.05) is 5.88 Å². The third kappa shape index (κ3) is 3.65. The molecule has 1 aliphatic rings. The van der Waals surface area contributed by atoms with Gasteiger partial charge in [-0.2, -0.15) is 0 Å². The predicted octanol–water partition coefficient (Wildman–Crippen LogP) is 5.78. The summed E-state index contributed by atoms with van der Waals surface area (Å²) < 4.78 is 0. The van der Waals surface area contributed by atoms with Crippen molar-refractivity contribution in [1.82, 2.24) is 0 Å². The molecule has 1 unspecified atom stereocenters. The topological polar surface area (TPSA) is 0 Å². The Morgan fingerprint density at radius 2 is 1.69 bits per heavy atom. The maximum absolute atomic E-state index is 6.35. The quantitative estimate of drug-likeness (QED) is 0.410. The van der Waals surface area contributed by atoms with Gasteiger partial charge < -0.3 is 0 Å². The summed E-state index contributed by atoms with van der Waals surface area (Å²) in [5.74, 6) is 1.79. The maximum Gasteiger partial charge on any atom is 0.0282 e. The largest absolute Gasteiger partial charge is 0.126 e. The second kappa shape index (κ2) is 7.58. The van der Waals surface area contributed by atoms with E-state index in [0.29, 0.717) is 5.41 Å². The number of hydrogen-bond acceptors (Lipinski definition) is 0. The van der Waals surface area contributed by atoms with Crippen LogP contribution in [0.15, 0.2) is 0 Å². The summed E-state index contributed by atoms with van der Waals surface area (Å²) in [5, 5.41) is 0. The molecule has 1 aliphatic carbocycles. The Hall–Kier alpha value is 0.290. The van der Waals surface area contributed by atoms with E-state index in [9.17, 15) is 0 Å². The van der Waals surface area contributed by atoms with Crippen LogP contribution in [-0.2, 0) is 0 Å². The first-order valence-corrected chi connectivity index (χ1v) is 7.88. The Kier molecular flexibility index (Phi) is 6.80. The summed E-state index contributed by atoms with van der Waals surface area (Å²) in [6.07, 6.45) is 14.0. The van der Waals surface area contributed by atoms with Crippen molar-refractivity contribution in [1.29, 1.82) is 0 Å². The number of hydrogen-bond donors (Lipinski definition) is 0. The Labute approximate surface area is 107 Å². The molecule has 1 heteroatoms. The molecule has 0 spiro atoms. The summed E-state index contributed by atoms with van der Waals surface area (Å²) in [4.78, 5) is 0. The van der Waals surface area contributed by atoms with Gasteiger partial charge in [0.1, 0.15) is 0 Å². The number of halogens is 1. The van der Waals surface area contributed by atoms with Crippen LogP contribution in [0.2, 0.25) is 0 Å². The van der Waals surface area contributed by atoms with Gasteiger partial charge in [0.25, 0.3) is 0 Å². The molecule has 0 bridgehead atoms.